The summed E-state index contributed by atoms with van der Waals surface area (Å²) in [7, 11) is 1.49. The summed E-state index contributed by atoms with van der Waals surface area (Å²) >= 11 is 6.00. The summed E-state index contributed by atoms with van der Waals surface area (Å²) in [6.45, 7) is 2.01. The first-order valence-electron chi connectivity index (χ1n) is 11.3. The van der Waals surface area contributed by atoms with E-state index in [1.165, 1.54) is 24.1 Å². The predicted octanol–water partition coefficient (Wildman–Crippen LogP) is 6.58. The second kappa shape index (κ2) is 9.17. The number of ether oxygens (including phenoxy) is 1. The third kappa shape index (κ3) is 3.82. The molecule has 1 N–H and O–H groups in total. The van der Waals surface area contributed by atoms with E-state index >= 15 is 0 Å². The number of hydrogen-bond donors (Lipinski definition) is 1. The molecule has 1 atom stereocenters. The molecule has 1 aromatic heterocycles. The molecule has 0 saturated heterocycles. The number of para-hydroxylation sites is 1. The van der Waals surface area contributed by atoms with Gasteiger partial charge in [0.15, 0.2) is 22.9 Å². The summed E-state index contributed by atoms with van der Waals surface area (Å²) in [4.78, 5) is 28.3. The molecular weight excluding hydrogens is 485 g/mol. The number of carbonyl (C=O) groups is 2. The van der Waals surface area contributed by atoms with Crippen LogP contribution in [-0.4, -0.2) is 23.9 Å². The number of aliphatic hydroxyl groups excluding tert-OH is 1. The van der Waals surface area contributed by atoms with Crippen molar-refractivity contribution >= 4 is 39.9 Å². The molecule has 1 amide bonds. The molecule has 0 aliphatic carbocycles. The number of halogens is 2. The van der Waals surface area contributed by atoms with Crippen LogP contribution in [0.5, 0.6) is 5.75 Å². The van der Waals surface area contributed by atoms with Gasteiger partial charge in [-0.05, 0) is 47.9 Å². The van der Waals surface area contributed by atoms with Crippen molar-refractivity contribution in [3.63, 3.8) is 0 Å². The van der Waals surface area contributed by atoms with Crippen LogP contribution in [0.2, 0.25) is 5.02 Å². The van der Waals surface area contributed by atoms with E-state index in [9.17, 15) is 19.1 Å². The van der Waals surface area contributed by atoms with E-state index in [2.05, 4.69) is 0 Å². The van der Waals surface area contributed by atoms with Crippen LogP contribution in [0.15, 0.2) is 82.5 Å². The lowest BCUT2D eigenvalue weighted by Crippen LogP contribution is -2.31. The minimum atomic E-state index is -0.993. The maximum absolute atomic E-state index is 13.9. The highest BCUT2D eigenvalue weighted by Gasteiger charge is 2.45. The fourth-order valence-electron chi connectivity index (χ4n) is 4.43. The molecule has 0 spiro atoms. The first-order chi connectivity index (χ1) is 17.3. The molecule has 5 rings (SSSR count). The molecule has 36 heavy (non-hydrogen) atoms. The standard InChI is InChI=1S/C28H21ClFNO5/c1-3-15-7-9-16(10-8-15)24-23(25(32)22-13-17-5-4-6-21(35-2)27(17)36-22)26(33)28(34)31(24)18-11-12-20(30)19(29)14-18/h4-14,24,33H,3H2,1-2H3. The van der Waals surface area contributed by atoms with Gasteiger partial charge >= 0.3 is 0 Å². The van der Waals surface area contributed by atoms with Crippen molar-refractivity contribution in [1.29, 1.82) is 0 Å². The molecule has 1 unspecified atom stereocenters. The first kappa shape index (κ1) is 23.6. The van der Waals surface area contributed by atoms with Gasteiger partial charge in [-0.2, -0.15) is 0 Å². The SMILES string of the molecule is CCc1ccc(C2C(C(=O)c3cc4cccc(OC)c4o3)=C(O)C(=O)N2c2ccc(F)c(Cl)c2)cc1. The van der Waals surface area contributed by atoms with Crippen LogP contribution < -0.4 is 9.64 Å². The molecule has 0 fully saturated rings. The van der Waals surface area contributed by atoms with Crippen LogP contribution in [0.1, 0.15) is 34.6 Å². The number of carbonyl (C=O) groups excluding carboxylic acids is 2. The highest BCUT2D eigenvalue weighted by atomic mass is 35.5. The molecule has 3 aromatic carbocycles. The van der Waals surface area contributed by atoms with Crippen LogP contribution in [0.3, 0.4) is 0 Å². The summed E-state index contributed by atoms with van der Waals surface area (Å²) in [5, 5.41) is 11.4. The number of amides is 1. The van der Waals surface area contributed by atoms with Gasteiger partial charge in [-0.1, -0.05) is 54.9 Å². The zero-order valence-corrected chi connectivity index (χ0v) is 20.2. The minimum absolute atomic E-state index is 0.0574. The lowest BCUT2D eigenvalue weighted by atomic mass is 9.94. The Labute approximate surface area is 211 Å². The van der Waals surface area contributed by atoms with Gasteiger partial charge in [-0.25, -0.2) is 4.39 Å². The van der Waals surface area contributed by atoms with E-state index in [-0.39, 0.29) is 22.0 Å². The molecule has 1 aliphatic rings. The van der Waals surface area contributed by atoms with E-state index in [1.54, 1.807) is 36.4 Å². The van der Waals surface area contributed by atoms with E-state index in [1.807, 2.05) is 19.1 Å². The van der Waals surface area contributed by atoms with Crippen LogP contribution in [0, 0.1) is 5.82 Å². The number of fused-ring (bicyclic) bond motifs is 1. The second-order valence-electron chi connectivity index (χ2n) is 8.35. The zero-order valence-electron chi connectivity index (χ0n) is 19.4. The summed E-state index contributed by atoms with van der Waals surface area (Å²) in [6.07, 6.45) is 0.800. The Balaban J connectivity index is 1.66. The van der Waals surface area contributed by atoms with Gasteiger partial charge in [0.1, 0.15) is 5.82 Å². The highest BCUT2D eigenvalue weighted by Crippen LogP contribution is 2.43. The van der Waals surface area contributed by atoms with Gasteiger partial charge in [0.05, 0.1) is 23.7 Å². The van der Waals surface area contributed by atoms with Crippen molar-refractivity contribution in [1.82, 2.24) is 0 Å². The average Bonchev–Trinajstić information content (AvgIpc) is 3.44. The fourth-order valence-corrected chi connectivity index (χ4v) is 4.61. The van der Waals surface area contributed by atoms with Gasteiger partial charge in [-0.15, -0.1) is 0 Å². The lowest BCUT2D eigenvalue weighted by Gasteiger charge is -2.27. The molecule has 0 bridgehead atoms. The van der Waals surface area contributed by atoms with Crippen LogP contribution in [0.4, 0.5) is 10.1 Å². The Kier molecular flexibility index (Phi) is 6.02. The van der Waals surface area contributed by atoms with Crippen molar-refractivity contribution in [2.45, 2.75) is 19.4 Å². The summed E-state index contributed by atoms with van der Waals surface area (Å²) in [6, 6.07) is 16.9. The van der Waals surface area contributed by atoms with Crippen molar-refractivity contribution < 1.29 is 28.2 Å². The molecule has 2 heterocycles. The number of aliphatic hydroxyl groups is 1. The number of methoxy groups -OCH3 is 1. The Hall–Kier alpha value is -4.10. The number of hydrogen-bond acceptors (Lipinski definition) is 5. The van der Waals surface area contributed by atoms with Gasteiger partial charge in [0.25, 0.3) is 5.91 Å². The number of benzene rings is 3. The zero-order chi connectivity index (χ0) is 25.6. The smallest absolute Gasteiger partial charge is 0.294 e. The third-order valence-corrected chi connectivity index (χ3v) is 6.58. The Morgan fingerprint density at radius 2 is 1.89 bits per heavy atom. The quantitative estimate of drug-likeness (QED) is 0.299. The number of aryl methyl sites for hydroxylation is 1. The number of anilines is 1. The molecule has 6 nitrogen and oxygen atoms in total. The second-order valence-corrected chi connectivity index (χ2v) is 8.76. The van der Waals surface area contributed by atoms with E-state index in [0.29, 0.717) is 22.3 Å². The normalized spacial score (nSPS) is 15.7. The number of Topliss-reactive ketones (excluding diaryl/α,β-unsaturated/α-hetero) is 1. The number of ketones is 1. The first-order valence-corrected chi connectivity index (χ1v) is 11.6. The predicted molar refractivity (Wildman–Crippen MR) is 134 cm³/mol. The molecular formula is C28H21ClFNO5. The molecule has 4 aromatic rings. The van der Waals surface area contributed by atoms with Crippen molar-refractivity contribution in [2.75, 3.05) is 12.0 Å². The van der Waals surface area contributed by atoms with Gasteiger partial charge in [0.2, 0.25) is 5.78 Å². The Morgan fingerprint density at radius 3 is 2.56 bits per heavy atom. The van der Waals surface area contributed by atoms with Crippen LogP contribution in [0.25, 0.3) is 11.0 Å². The molecule has 1 aliphatic heterocycles. The summed E-state index contributed by atoms with van der Waals surface area (Å²) in [5.74, 6) is -2.43. The van der Waals surface area contributed by atoms with Gasteiger partial charge < -0.3 is 14.3 Å². The number of furan rings is 1. The minimum Gasteiger partial charge on any atom is -0.503 e. The average molecular weight is 506 g/mol. The van der Waals surface area contributed by atoms with Crippen LogP contribution in [-0.2, 0) is 11.2 Å². The monoisotopic (exact) mass is 505 g/mol. The third-order valence-electron chi connectivity index (χ3n) is 6.29. The number of nitrogens with zero attached hydrogens (tertiary/aromatic N) is 1. The van der Waals surface area contributed by atoms with Crippen molar-refractivity contribution in [3.8, 4) is 5.75 Å². The van der Waals surface area contributed by atoms with E-state index in [4.69, 9.17) is 20.8 Å². The highest BCUT2D eigenvalue weighted by molar-refractivity contribution is 6.31. The molecule has 8 heteroatoms. The van der Waals surface area contributed by atoms with Crippen LogP contribution >= 0.6 is 11.6 Å². The molecule has 0 radical (unpaired) electrons. The van der Waals surface area contributed by atoms with Crippen molar-refractivity contribution in [3.05, 3.63) is 106 Å². The van der Waals surface area contributed by atoms with Gasteiger partial charge in [-0.3, -0.25) is 14.5 Å². The largest absolute Gasteiger partial charge is 0.503 e. The maximum atomic E-state index is 13.9. The maximum Gasteiger partial charge on any atom is 0.294 e. The number of rotatable bonds is 6. The fraction of sp³-hybridized carbons (Fsp3) is 0.143. The summed E-state index contributed by atoms with van der Waals surface area (Å²) < 4.78 is 25.0. The molecule has 0 saturated carbocycles. The van der Waals surface area contributed by atoms with Crippen molar-refractivity contribution in [2.24, 2.45) is 0 Å². The molecule has 182 valence electrons. The Bertz CT molecular complexity index is 1540. The Morgan fingerprint density at radius 1 is 1.14 bits per heavy atom. The van der Waals surface area contributed by atoms with E-state index < -0.39 is 29.3 Å². The van der Waals surface area contributed by atoms with E-state index in [0.717, 1.165) is 18.1 Å². The summed E-state index contributed by atoms with van der Waals surface area (Å²) in [5.41, 5.74) is 2.10. The topological polar surface area (TPSA) is 80.0 Å². The lowest BCUT2D eigenvalue weighted by molar-refractivity contribution is -0.117. The van der Waals surface area contributed by atoms with Gasteiger partial charge in [0, 0.05) is 11.1 Å².